The van der Waals surface area contributed by atoms with Crippen LogP contribution in [0.1, 0.15) is 10.4 Å². The molecule has 0 fully saturated rings. The van der Waals surface area contributed by atoms with E-state index in [4.69, 9.17) is 5.11 Å². The summed E-state index contributed by atoms with van der Waals surface area (Å²) in [5.41, 5.74) is -0.502. The summed E-state index contributed by atoms with van der Waals surface area (Å²) in [7, 11) is -4.03. The van der Waals surface area contributed by atoms with Crippen molar-refractivity contribution in [3.05, 3.63) is 46.6 Å². The number of hydrogen-bond donors (Lipinski definition) is 3. The first-order valence-electron chi connectivity index (χ1n) is 5.51. The van der Waals surface area contributed by atoms with Gasteiger partial charge in [-0.3, -0.25) is 4.72 Å². The Bertz CT molecular complexity index is 807. The number of halogens is 1. The maximum Gasteiger partial charge on any atom is 0.339 e. The highest BCUT2D eigenvalue weighted by atomic mass is 79.9. The number of nitrogens with zero attached hydrogens (tertiary/aromatic N) is 1. The molecule has 7 nitrogen and oxygen atoms in total. The van der Waals surface area contributed by atoms with Crippen LogP contribution in [0.2, 0.25) is 0 Å². The first kappa shape index (κ1) is 15.3. The molecule has 0 bridgehead atoms. The van der Waals surface area contributed by atoms with E-state index in [9.17, 15) is 18.3 Å². The van der Waals surface area contributed by atoms with E-state index in [2.05, 4.69) is 25.6 Å². The van der Waals surface area contributed by atoms with Crippen LogP contribution in [0.5, 0.6) is 5.75 Å². The Balaban J connectivity index is 2.43. The Morgan fingerprint density at radius 2 is 2.00 bits per heavy atom. The number of nitrogens with one attached hydrogen (secondary N) is 1. The zero-order valence-corrected chi connectivity index (χ0v) is 12.7. The molecule has 0 saturated heterocycles. The van der Waals surface area contributed by atoms with Gasteiger partial charge in [-0.1, -0.05) is 0 Å². The van der Waals surface area contributed by atoms with Gasteiger partial charge >= 0.3 is 5.97 Å². The molecule has 1 aromatic heterocycles. The Labute approximate surface area is 128 Å². The normalized spacial score (nSPS) is 11.1. The van der Waals surface area contributed by atoms with E-state index in [1.807, 2.05) is 0 Å². The van der Waals surface area contributed by atoms with Crippen LogP contribution in [-0.2, 0) is 10.0 Å². The monoisotopic (exact) mass is 372 g/mol. The van der Waals surface area contributed by atoms with E-state index in [1.165, 1.54) is 6.20 Å². The molecular formula is C12H9BrN2O5S. The lowest BCUT2D eigenvalue weighted by atomic mass is 10.2. The van der Waals surface area contributed by atoms with E-state index in [1.54, 1.807) is 12.1 Å². The summed E-state index contributed by atoms with van der Waals surface area (Å²) < 4.78 is 27.1. The minimum absolute atomic E-state index is 0.0717. The number of phenols is 1. The second kappa shape index (κ2) is 5.70. The van der Waals surface area contributed by atoms with Gasteiger partial charge in [-0.25, -0.2) is 18.2 Å². The maximum absolute atomic E-state index is 12.2. The lowest BCUT2D eigenvalue weighted by molar-refractivity contribution is 0.0693. The lowest BCUT2D eigenvalue weighted by Crippen LogP contribution is -2.15. The van der Waals surface area contributed by atoms with E-state index in [0.29, 0.717) is 4.47 Å². The molecule has 0 amide bonds. The highest BCUT2D eigenvalue weighted by molar-refractivity contribution is 9.10. The van der Waals surface area contributed by atoms with Crippen molar-refractivity contribution in [2.75, 3.05) is 4.72 Å². The molecule has 2 rings (SSSR count). The average molecular weight is 373 g/mol. The number of rotatable bonds is 4. The fourth-order valence-corrected chi connectivity index (χ4v) is 3.04. The van der Waals surface area contributed by atoms with Crippen LogP contribution in [0.15, 0.2) is 45.9 Å². The van der Waals surface area contributed by atoms with Gasteiger partial charge in [-0.2, -0.15) is 0 Å². The molecule has 0 spiro atoms. The third-order valence-corrected chi connectivity index (χ3v) is 4.47. The number of hydrogen-bond acceptors (Lipinski definition) is 5. The lowest BCUT2D eigenvalue weighted by Gasteiger charge is -2.09. The van der Waals surface area contributed by atoms with Gasteiger partial charge in [0.15, 0.2) is 5.82 Å². The van der Waals surface area contributed by atoms with Crippen molar-refractivity contribution in [1.29, 1.82) is 0 Å². The van der Waals surface area contributed by atoms with Gasteiger partial charge in [0, 0.05) is 6.20 Å². The van der Waals surface area contributed by atoms with Gasteiger partial charge in [-0.15, -0.1) is 0 Å². The van der Waals surface area contributed by atoms with Gasteiger partial charge in [0.1, 0.15) is 11.3 Å². The van der Waals surface area contributed by atoms with Crippen LogP contribution in [0.4, 0.5) is 5.82 Å². The number of benzene rings is 1. The zero-order chi connectivity index (χ0) is 15.6. The van der Waals surface area contributed by atoms with Crippen molar-refractivity contribution < 1.29 is 23.4 Å². The number of carboxylic acids is 1. The molecule has 0 radical (unpaired) electrons. The summed E-state index contributed by atoms with van der Waals surface area (Å²) in [5.74, 6) is -1.87. The molecule has 0 aliphatic rings. The molecule has 0 saturated carbocycles. The molecule has 0 atom stereocenters. The Morgan fingerprint density at radius 3 is 2.62 bits per heavy atom. The average Bonchev–Trinajstić information content (AvgIpc) is 2.41. The second-order valence-corrected chi connectivity index (χ2v) is 6.46. The van der Waals surface area contributed by atoms with E-state index >= 15 is 0 Å². The van der Waals surface area contributed by atoms with Crippen LogP contribution in [0.25, 0.3) is 0 Å². The highest BCUT2D eigenvalue weighted by Crippen LogP contribution is 2.25. The Hall–Kier alpha value is -2.13. The molecule has 0 aliphatic carbocycles. The molecular weight excluding hydrogens is 364 g/mol. The van der Waals surface area contributed by atoms with Crippen molar-refractivity contribution in [2.24, 2.45) is 0 Å². The van der Waals surface area contributed by atoms with Crippen LogP contribution in [-0.4, -0.2) is 29.6 Å². The third-order valence-electron chi connectivity index (χ3n) is 2.50. The van der Waals surface area contributed by atoms with Crippen molar-refractivity contribution in [1.82, 2.24) is 4.98 Å². The quantitative estimate of drug-likeness (QED) is 0.755. The minimum atomic E-state index is -4.03. The van der Waals surface area contributed by atoms with Crippen molar-refractivity contribution >= 4 is 37.7 Å². The molecule has 3 N–H and O–H groups in total. The fraction of sp³-hybridized carbons (Fsp3) is 0. The van der Waals surface area contributed by atoms with Gasteiger partial charge in [0.05, 0.1) is 9.37 Å². The molecule has 21 heavy (non-hydrogen) atoms. The summed E-state index contributed by atoms with van der Waals surface area (Å²) in [6, 6.07) is 6.19. The number of pyridine rings is 1. The summed E-state index contributed by atoms with van der Waals surface area (Å²) in [6.45, 7) is 0. The topological polar surface area (TPSA) is 117 Å². The number of anilines is 1. The second-order valence-electron chi connectivity index (χ2n) is 3.92. The smallest absolute Gasteiger partial charge is 0.339 e. The molecule has 2 aromatic rings. The van der Waals surface area contributed by atoms with Crippen molar-refractivity contribution in [3.8, 4) is 5.75 Å². The third kappa shape index (κ3) is 3.31. The summed E-state index contributed by atoms with van der Waals surface area (Å²) >= 11 is 3.15. The molecule has 0 unspecified atom stereocenters. The van der Waals surface area contributed by atoms with Crippen molar-refractivity contribution in [3.63, 3.8) is 0 Å². The predicted octanol–water partition coefficient (Wildman–Crippen LogP) is 2.05. The molecule has 1 heterocycles. The fourth-order valence-electron chi connectivity index (χ4n) is 1.50. The standard InChI is InChI=1S/C12H9BrN2O5S/c13-9-2-1-5-14-11(9)15-21(19,20)7-3-4-10(16)8(6-7)12(17)18/h1-6,16H,(H,14,15)(H,17,18). The molecule has 110 valence electrons. The number of carbonyl (C=O) groups is 1. The highest BCUT2D eigenvalue weighted by Gasteiger charge is 2.20. The largest absolute Gasteiger partial charge is 0.507 e. The van der Waals surface area contributed by atoms with Crippen LogP contribution in [0.3, 0.4) is 0 Å². The maximum atomic E-state index is 12.2. The number of aromatic nitrogens is 1. The Kier molecular flexibility index (Phi) is 4.14. The minimum Gasteiger partial charge on any atom is -0.507 e. The first-order valence-corrected chi connectivity index (χ1v) is 7.78. The number of aromatic carboxylic acids is 1. The zero-order valence-electron chi connectivity index (χ0n) is 10.3. The number of carboxylic acid groups (broad SMARTS) is 1. The van der Waals surface area contributed by atoms with Crippen LogP contribution in [0, 0.1) is 0 Å². The SMILES string of the molecule is O=C(O)c1cc(S(=O)(=O)Nc2ncccc2Br)ccc1O. The summed E-state index contributed by atoms with van der Waals surface area (Å²) in [4.78, 5) is 14.5. The summed E-state index contributed by atoms with van der Waals surface area (Å²) in [5, 5.41) is 18.3. The number of aromatic hydroxyl groups is 1. The van der Waals surface area contributed by atoms with Gasteiger partial charge in [-0.05, 0) is 46.3 Å². The van der Waals surface area contributed by atoms with Gasteiger partial charge in [0.25, 0.3) is 10.0 Å². The summed E-state index contributed by atoms with van der Waals surface area (Å²) in [6.07, 6.45) is 1.40. The number of sulfonamides is 1. The van der Waals surface area contributed by atoms with Gasteiger partial charge in [0.2, 0.25) is 0 Å². The van der Waals surface area contributed by atoms with Gasteiger partial charge < -0.3 is 10.2 Å². The van der Waals surface area contributed by atoms with E-state index in [-0.39, 0.29) is 10.7 Å². The molecule has 1 aromatic carbocycles. The van der Waals surface area contributed by atoms with E-state index < -0.39 is 27.3 Å². The molecule has 9 heteroatoms. The van der Waals surface area contributed by atoms with Crippen LogP contribution < -0.4 is 4.72 Å². The first-order chi connectivity index (χ1) is 9.81. The van der Waals surface area contributed by atoms with Crippen molar-refractivity contribution in [2.45, 2.75) is 4.90 Å². The van der Waals surface area contributed by atoms with Crippen LogP contribution >= 0.6 is 15.9 Å². The molecule has 0 aliphatic heterocycles. The Morgan fingerprint density at radius 1 is 1.29 bits per heavy atom. The predicted molar refractivity (Wildman–Crippen MR) is 77.8 cm³/mol. The van der Waals surface area contributed by atoms with E-state index in [0.717, 1.165) is 18.2 Å².